The van der Waals surface area contributed by atoms with Crippen molar-refractivity contribution in [2.75, 3.05) is 25.0 Å². The standard InChI is InChI=1S/C16H22F3N5O/c17-16(18,19)11-4-5-13(22-9-11)20-6-7-21-15(25)12-3-1-2-10-8-23-24-14(10)12/h4-5,9-10,12,14,23-24H,1-3,6-8H2,(H,20,22)(H,21,25). The Bertz CT molecular complexity index is 592. The van der Waals surface area contributed by atoms with Crippen molar-refractivity contribution in [1.82, 2.24) is 21.2 Å². The number of rotatable bonds is 5. The molecule has 1 aromatic heterocycles. The summed E-state index contributed by atoms with van der Waals surface area (Å²) in [5, 5.41) is 5.80. The summed E-state index contributed by atoms with van der Waals surface area (Å²) in [5.74, 6) is 0.826. The zero-order chi connectivity index (χ0) is 17.9. The molecule has 2 heterocycles. The van der Waals surface area contributed by atoms with Gasteiger partial charge in [-0.25, -0.2) is 4.98 Å². The van der Waals surface area contributed by atoms with E-state index in [2.05, 4.69) is 26.5 Å². The predicted molar refractivity (Wildman–Crippen MR) is 86.5 cm³/mol. The van der Waals surface area contributed by atoms with Crippen LogP contribution in [0.15, 0.2) is 18.3 Å². The second kappa shape index (κ2) is 7.57. The van der Waals surface area contributed by atoms with E-state index in [-0.39, 0.29) is 17.9 Å². The predicted octanol–water partition coefficient (Wildman–Crippen LogP) is 1.52. The third kappa shape index (κ3) is 4.40. The van der Waals surface area contributed by atoms with Crippen molar-refractivity contribution in [1.29, 1.82) is 0 Å². The summed E-state index contributed by atoms with van der Waals surface area (Å²) in [6.07, 6.45) is -0.538. The minimum Gasteiger partial charge on any atom is -0.368 e. The third-order valence-corrected chi connectivity index (χ3v) is 4.82. The SMILES string of the molecule is O=C(NCCNc1ccc(C(F)(F)F)cn1)C1CCCC2CNNC21. The number of nitrogens with one attached hydrogen (secondary N) is 4. The van der Waals surface area contributed by atoms with Crippen molar-refractivity contribution < 1.29 is 18.0 Å². The number of hydrazine groups is 1. The molecular formula is C16H22F3N5O. The topological polar surface area (TPSA) is 78.1 Å². The molecule has 1 saturated carbocycles. The van der Waals surface area contributed by atoms with Crippen molar-refractivity contribution in [2.24, 2.45) is 11.8 Å². The summed E-state index contributed by atoms with van der Waals surface area (Å²) in [6.45, 7) is 1.69. The number of carbonyl (C=O) groups excluding carboxylic acids is 1. The van der Waals surface area contributed by atoms with Crippen LogP contribution in [0, 0.1) is 11.8 Å². The van der Waals surface area contributed by atoms with Gasteiger partial charge in [-0.05, 0) is 30.9 Å². The van der Waals surface area contributed by atoms with Gasteiger partial charge < -0.3 is 10.6 Å². The molecule has 25 heavy (non-hydrogen) atoms. The Balaban J connectivity index is 1.41. The van der Waals surface area contributed by atoms with E-state index < -0.39 is 11.7 Å². The van der Waals surface area contributed by atoms with Gasteiger partial charge in [-0.1, -0.05) is 6.42 Å². The van der Waals surface area contributed by atoms with E-state index in [9.17, 15) is 18.0 Å². The van der Waals surface area contributed by atoms with Crippen LogP contribution < -0.4 is 21.5 Å². The lowest BCUT2D eigenvalue weighted by Gasteiger charge is -2.31. The molecule has 6 nitrogen and oxygen atoms in total. The molecule has 1 amide bonds. The monoisotopic (exact) mass is 357 g/mol. The Labute approximate surface area is 143 Å². The molecular weight excluding hydrogens is 335 g/mol. The number of anilines is 1. The maximum absolute atomic E-state index is 12.5. The Morgan fingerprint density at radius 1 is 1.28 bits per heavy atom. The summed E-state index contributed by atoms with van der Waals surface area (Å²) in [7, 11) is 0. The van der Waals surface area contributed by atoms with Gasteiger partial charge in [0.2, 0.25) is 5.91 Å². The van der Waals surface area contributed by atoms with Gasteiger partial charge in [-0.15, -0.1) is 0 Å². The summed E-state index contributed by atoms with van der Waals surface area (Å²) in [5.41, 5.74) is 5.54. The van der Waals surface area contributed by atoms with Gasteiger partial charge in [0, 0.05) is 31.9 Å². The largest absolute Gasteiger partial charge is 0.417 e. The van der Waals surface area contributed by atoms with E-state index in [1.54, 1.807) is 0 Å². The maximum atomic E-state index is 12.5. The number of carbonyl (C=O) groups is 1. The molecule has 1 aliphatic carbocycles. The summed E-state index contributed by atoms with van der Waals surface area (Å²) >= 11 is 0. The zero-order valence-electron chi connectivity index (χ0n) is 13.7. The first kappa shape index (κ1) is 17.9. The number of fused-ring (bicyclic) bond motifs is 1. The summed E-state index contributed by atoms with van der Waals surface area (Å²) in [4.78, 5) is 16.1. The minimum atomic E-state index is -4.39. The Morgan fingerprint density at radius 2 is 2.12 bits per heavy atom. The maximum Gasteiger partial charge on any atom is 0.417 e. The molecule has 4 N–H and O–H groups in total. The van der Waals surface area contributed by atoms with Crippen LogP contribution in [-0.4, -0.2) is 36.6 Å². The number of aromatic nitrogens is 1. The molecule has 1 aliphatic heterocycles. The van der Waals surface area contributed by atoms with Crippen molar-refractivity contribution in [3.8, 4) is 0 Å². The molecule has 3 unspecified atom stereocenters. The number of nitrogens with zero attached hydrogens (tertiary/aromatic N) is 1. The van der Waals surface area contributed by atoms with E-state index in [0.29, 0.717) is 24.8 Å². The Morgan fingerprint density at radius 3 is 2.84 bits per heavy atom. The van der Waals surface area contributed by atoms with Crippen LogP contribution in [0.25, 0.3) is 0 Å². The van der Waals surface area contributed by atoms with Crippen LogP contribution in [-0.2, 0) is 11.0 Å². The number of hydrogen-bond acceptors (Lipinski definition) is 5. The number of halogens is 3. The first-order valence-corrected chi connectivity index (χ1v) is 8.48. The number of amides is 1. The second-order valence-electron chi connectivity index (χ2n) is 6.50. The second-order valence-corrected chi connectivity index (χ2v) is 6.50. The van der Waals surface area contributed by atoms with E-state index >= 15 is 0 Å². The van der Waals surface area contributed by atoms with Crippen LogP contribution in [0.5, 0.6) is 0 Å². The van der Waals surface area contributed by atoms with E-state index in [4.69, 9.17) is 0 Å². The molecule has 3 atom stereocenters. The van der Waals surface area contributed by atoms with Gasteiger partial charge in [0.05, 0.1) is 11.5 Å². The number of alkyl halides is 3. The van der Waals surface area contributed by atoms with Crippen molar-refractivity contribution in [2.45, 2.75) is 31.5 Å². The summed E-state index contributed by atoms with van der Waals surface area (Å²) in [6, 6.07) is 2.44. The molecule has 0 bridgehead atoms. The van der Waals surface area contributed by atoms with Gasteiger partial charge in [0.1, 0.15) is 5.82 Å². The highest BCUT2D eigenvalue weighted by Crippen LogP contribution is 2.31. The van der Waals surface area contributed by atoms with Gasteiger partial charge in [0.25, 0.3) is 0 Å². The zero-order valence-corrected chi connectivity index (χ0v) is 13.7. The van der Waals surface area contributed by atoms with Gasteiger partial charge in [-0.3, -0.25) is 15.6 Å². The van der Waals surface area contributed by atoms with E-state index in [1.165, 1.54) is 6.07 Å². The highest BCUT2D eigenvalue weighted by atomic mass is 19.4. The average Bonchev–Trinajstić information content (AvgIpc) is 3.06. The van der Waals surface area contributed by atoms with E-state index in [0.717, 1.165) is 38.1 Å². The number of hydrogen-bond donors (Lipinski definition) is 4. The Hall–Kier alpha value is -1.87. The van der Waals surface area contributed by atoms with Crippen LogP contribution in [0.1, 0.15) is 24.8 Å². The van der Waals surface area contributed by atoms with Gasteiger partial charge in [0.15, 0.2) is 0 Å². The molecule has 0 spiro atoms. The first-order chi connectivity index (χ1) is 11.9. The lowest BCUT2D eigenvalue weighted by Crippen LogP contribution is -2.48. The molecule has 2 aliphatic rings. The minimum absolute atomic E-state index is 0.0214. The van der Waals surface area contributed by atoms with E-state index in [1.807, 2.05) is 0 Å². The quantitative estimate of drug-likeness (QED) is 0.601. The van der Waals surface area contributed by atoms with Crippen LogP contribution in [0.4, 0.5) is 19.0 Å². The third-order valence-electron chi connectivity index (χ3n) is 4.82. The molecule has 1 aromatic rings. The highest BCUT2D eigenvalue weighted by Gasteiger charge is 2.39. The van der Waals surface area contributed by atoms with Crippen LogP contribution in [0.2, 0.25) is 0 Å². The van der Waals surface area contributed by atoms with Crippen molar-refractivity contribution in [3.63, 3.8) is 0 Å². The van der Waals surface area contributed by atoms with Gasteiger partial charge in [-0.2, -0.15) is 13.2 Å². The average molecular weight is 357 g/mol. The van der Waals surface area contributed by atoms with Crippen molar-refractivity contribution >= 4 is 11.7 Å². The lowest BCUT2D eigenvalue weighted by atomic mass is 9.77. The first-order valence-electron chi connectivity index (χ1n) is 8.48. The van der Waals surface area contributed by atoms with Crippen LogP contribution >= 0.6 is 0 Å². The highest BCUT2D eigenvalue weighted by molar-refractivity contribution is 5.79. The molecule has 0 radical (unpaired) electrons. The molecule has 9 heteroatoms. The fraction of sp³-hybridized carbons (Fsp3) is 0.625. The molecule has 0 aromatic carbocycles. The molecule has 2 fully saturated rings. The summed E-state index contributed by atoms with van der Waals surface area (Å²) < 4.78 is 37.4. The molecule has 1 saturated heterocycles. The fourth-order valence-electron chi connectivity index (χ4n) is 3.51. The number of pyridine rings is 1. The normalized spacial score (nSPS) is 26.1. The molecule has 138 valence electrons. The lowest BCUT2D eigenvalue weighted by molar-refractivity contribution is -0.137. The van der Waals surface area contributed by atoms with Crippen molar-refractivity contribution in [3.05, 3.63) is 23.9 Å². The van der Waals surface area contributed by atoms with Gasteiger partial charge >= 0.3 is 6.18 Å². The Kier molecular flexibility index (Phi) is 5.43. The molecule has 3 rings (SSSR count). The fourth-order valence-corrected chi connectivity index (χ4v) is 3.51. The smallest absolute Gasteiger partial charge is 0.368 e. The van der Waals surface area contributed by atoms with Crippen LogP contribution in [0.3, 0.4) is 0 Å².